The SMILES string of the molecule is Nc1cnc2ccccc2c1NC1CCCC1. The summed E-state index contributed by atoms with van der Waals surface area (Å²) in [6.45, 7) is 0. The highest BCUT2D eigenvalue weighted by molar-refractivity contribution is 5.96. The Morgan fingerprint density at radius 3 is 2.76 bits per heavy atom. The summed E-state index contributed by atoms with van der Waals surface area (Å²) in [6.07, 6.45) is 6.88. The second-order valence-corrected chi connectivity index (χ2v) is 4.73. The summed E-state index contributed by atoms with van der Waals surface area (Å²) in [4.78, 5) is 4.35. The van der Waals surface area contributed by atoms with Crippen LogP contribution in [0, 0.1) is 0 Å². The molecule has 1 aliphatic carbocycles. The van der Waals surface area contributed by atoms with Crippen LogP contribution in [-0.4, -0.2) is 11.0 Å². The van der Waals surface area contributed by atoms with E-state index in [2.05, 4.69) is 16.4 Å². The number of fused-ring (bicyclic) bond motifs is 1. The summed E-state index contributed by atoms with van der Waals surface area (Å²) in [7, 11) is 0. The molecule has 0 unspecified atom stereocenters. The molecule has 3 rings (SSSR count). The van der Waals surface area contributed by atoms with Gasteiger partial charge in [0.05, 0.1) is 23.1 Å². The number of pyridine rings is 1. The number of rotatable bonds is 2. The minimum absolute atomic E-state index is 0.572. The first-order valence-corrected chi connectivity index (χ1v) is 6.24. The van der Waals surface area contributed by atoms with E-state index in [0.717, 1.165) is 22.3 Å². The number of benzene rings is 1. The maximum absolute atomic E-state index is 6.04. The maximum Gasteiger partial charge on any atom is 0.0743 e. The van der Waals surface area contributed by atoms with E-state index in [1.54, 1.807) is 6.20 Å². The average molecular weight is 227 g/mol. The molecule has 1 aromatic carbocycles. The molecule has 0 aliphatic heterocycles. The largest absolute Gasteiger partial charge is 0.396 e. The van der Waals surface area contributed by atoms with Gasteiger partial charge in [0, 0.05) is 11.4 Å². The van der Waals surface area contributed by atoms with Gasteiger partial charge in [-0.05, 0) is 18.9 Å². The van der Waals surface area contributed by atoms with Crippen LogP contribution in [0.15, 0.2) is 30.5 Å². The molecule has 1 saturated carbocycles. The van der Waals surface area contributed by atoms with Crippen LogP contribution in [0.5, 0.6) is 0 Å². The monoisotopic (exact) mass is 227 g/mol. The number of para-hydroxylation sites is 1. The van der Waals surface area contributed by atoms with Crippen molar-refractivity contribution in [3.8, 4) is 0 Å². The molecule has 1 heterocycles. The Morgan fingerprint density at radius 2 is 1.94 bits per heavy atom. The van der Waals surface area contributed by atoms with Crippen LogP contribution in [0.25, 0.3) is 10.9 Å². The second kappa shape index (κ2) is 4.24. The molecule has 2 aromatic rings. The van der Waals surface area contributed by atoms with E-state index in [9.17, 15) is 0 Å². The van der Waals surface area contributed by atoms with Crippen molar-refractivity contribution in [1.29, 1.82) is 0 Å². The summed E-state index contributed by atoms with van der Waals surface area (Å²) in [5.41, 5.74) is 8.85. The molecule has 0 bridgehead atoms. The standard InChI is InChI=1S/C14H17N3/c15-12-9-16-13-8-4-3-7-11(13)14(12)17-10-5-1-2-6-10/h3-4,7-10H,1-2,5-6,15H2,(H,16,17). The number of aromatic nitrogens is 1. The van der Waals surface area contributed by atoms with E-state index < -0.39 is 0 Å². The third-order valence-electron chi connectivity index (χ3n) is 3.51. The van der Waals surface area contributed by atoms with Gasteiger partial charge < -0.3 is 11.1 Å². The van der Waals surface area contributed by atoms with Crippen molar-refractivity contribution < 1.29 is 0 Å². The number of nitrogens with zero attached hydrogens (tertiary/aromatic N) is 1. The molecule has 0 spiro atoms. The minimum atomic E-state index is 0.572. The zero-order valence-corrected chi connectivity index (χ0v) is 9.82. The van der Waals surface area contributed by atoms with E-state index in [1.165, 1.54) is 25.7 Å². The van der Waals surface area contributed by atoms with Crippen LogP contribution in [0.1, 0.15) is 25.7 Å². The van der Waals surface area contributed by atoms with Crippen molar-refractivity contribution in [2.24, 2.45) is 0 Å². The molecule has 3 N–H and O–H groups in total. The van der Waals surface area contributed by atoms with E-state index >= 15 is 0 Å². The maximum atomic E-state index is 6.04. The van der Waals surface area contributed by atoms with Gasteiger partial charge >= 0.3 is 0 Å². The van der Waals surface area contributed by atoms with Crippen molar-refractivity contribution >= 4 is 22.3 Å². The van der Waals surface area contributed by atoms with Gasteiger partial charge in [-0.15, -0.1) is 0 Å². The highest BCUT2D eigenvalue weighted by Gasteiger charge is 2.16. The summed E-state index contributed by atoms with van der Waals surface area (Å²) >= 11 is 0. The highest BCUT2D eigenvalue weighted by Crippen LogP contribution is 2.31. The van der Waals surface area contributed by atoms with Crippen molar-refractivity contribution in [3.05, 3.63) is 30.5 Å². The fourth-order valence-corrected chi connectivity index (χ4v) is 2.59. The van der Waals surface area contributed by atoms with Gasteiger partial charge in [0.1, 0.15) is 0 Å². The number of nitrogens with two attached hydrogens (primary N) is 1. The van der Waals surface area contributed by atoms with Crippen LogP contribution in [-0.2, 0) is 0 Å². The molecule has 0 amide bonds. The molecule has 0 saturated heterocycles. The molecule has 17 heavy (non-hydrogen) atoms. The smallest absolute Gasteiger partial charge is 0.0743 e. The molecule has 88 valence electrons. The Labute approximate surface area is 101 Å². The van der Waals surface area contributed by atoms with Gasteiger partial charge in [0.15, 0.2) is 0 Å². The fraction of sp³-hybridized carbons (Fsp3) is 0.357. The van der Waals surface area contributed by atoms with E-state index in [0.29, 0.717) is 6.04 Å². The lowest BCUT2D eigenvalue weighted by Gasteiger charge is -2.17. The van der Waals surface area contributed by atoms with Crippen molar-refractivity contribution in [1.82, 2.24) is 4.98 Å². The van der Waals surface area contributed by atoms with Crippen LogP contribution in [0.3, 0.4) is 0 Å². The lowest BCUT2D eigenvalue weighted by Crippen LogP contribution is -2.16. The molecule has 3 heteroatoms. The predicted octanol–water partition coefficient (Wildman–Crippen LogP) is 3.17. The molecule has 0 atom stereocenters. The van der Waals surface area contributed by atoms with Gasteiger partial charge in [-0.1, -0.05) is 31.0 Å². The number of hydrogen-bond acceptors (Lipinski definition) is 3. The lowest BCUT2D eigenvalue weighted by atomic mass is 10.1. The van der Waals surface area contributed by atoms with E-state index in [-0.39, 0.29) is 0 Å². The molecular formula is C14H17N3. The number of hydrogen-bond donors (Lipinski definition) is 2. The highest BCUT2D eigenvalue weighted by atomic mass is 15.0. The second-order valence-electron chi connectivity index (χ2n) is 4.73. The van der Waals surface area contributed by atoms with Crippen LogP contribution in [0.2, 0.25) is 0 Å². The normalized spacial score (nSPS) is 16.5. The Kier molecular flexibility index (Phi) is 2.59. The third kappa shape index (κ3) is 1.93. The number of nitrogens with one attached hydrogen (secondary N) is 1. The van der Waals surface area contributed by atoms with E-state index in [1.807, 2.05) is 18.2 Å². The lowest BCUT2D eigenvalue weighted by molar-refractivity contribution is 0.757. The number of nitrogen functional groups attached to an aromatic ring is 1. The Balaban J connectivity index is 2.03. The molecular weight excluding hydrogens is 210 g/mol. The minimum Gasteiger partial charge on any atom is -0.396 e. The molecule has 1 aromatic heterocycles. The van der Waals surface area contributed by atoms with Gasteiger partial charge in [0.2, 0.25) is 0 Å². The molecule has 1 aliphatic rings. The molecule has 3 nitrogen and oxygen atoms in total. The molecule has 0 radical (unpaired) electrons. The third-order valence-corrected chi connectivity index (χ3v) is 3.51. The zero-order valence-electron chi connectivity index (χ0n) is 9.82. The van der Waals surface area contributed by atoms with Crippen LogP contribution < -0.4 is 11.1 Å². The zero-order chi connectivity index (χ0) is 11.7. The number of anilines is 2. The first-order chi connectivity index (χ1) is 8.34. The van der Waals surface area contributed by atoms with Gasteiger partial charge in [-0.2, -0.15) is 0 Å². The first-order valence-electron chi connectivity index (χ1n) is 6.24. The first kappa shape index (κ1) is 10.4. The van der Waals surface area contributed by atoms with Gasteiger partial charge in [0.25, 0.3) is 0 Å². The van der Waals surface area contributed by atoms with Crippen LogP contribution in [0.4, 0.5) is 11.4 Å². The van der Waals surface area contributed by atoms with Crippen molar-refractivity contribution in [3.63, 3.8) is 0 Å². The summed E-state index contributed by atoms with van der Waals surface area (Å²) < 4.78 is 0. The van der Waals surface area contributed by atoms with Crippen molar-refractivity contribution in [2.45, 2.75) is 31.7 Å². The van der Waals surface area contributed by atoms with Gasteiger partial charge in [-0.3, -0.25) is 4.98 Å². The fourth-order valence-electron chi connectivity index (χ4n) is 2.59. The van der Waals surface area contributed by atoms with Gasteiger partial charge in [-0.25, -0.2) is 0 Å². The topological polar surface area (TPSA) is 50.9 Å². The summed E-state index contributed by atoms with van der Waals surface area (Å²) in [6, 6.07) is 8.71. The summed E-state index contributed by atoms with van der Waals surface area (Å²) in [5.74, 6) is 0. The van der Waals surface area contributed by atoms with Crippen molar-refractivity contribution in [2.75, 3.05) is 11.1 Å². The Morgan fingerprint density at radius 1 is 1.18 bits per heavy atom. The summed E-state index contributed by atoms with van der Waals surface area (Å²) in [5, 5.41) is 4.71. The van der Waals surface area contributed by atoms with Crippen LogP contribution >= 0.6 is 0 Å². The Hall–Kier alpha value is -1.77. The quantitative estimate of drug-likeness (QED) is 0.828. The average Bonchev–Trinajstić information content (AvgIpc) is 2.86. The predicted molar refractivity (Wildman–Crippen MR) is 72.0 cm³/mol. The Bertz CT molecular complexity index is 530. The van der Waals surface area contributed by atoms with E-state index in [4.69, 9.17) is 5.73 Å². The molecule has 1 fully saturated rings.